The topological polar surface area (TPSA) is 90.4 Å². The first-order valence-corrected chi connectivity index (χ1v) is 6.73. The summed E-state index contributed by atoms with van der Waals surface area (Å²) in [6, 6.07) is 0. The summed E-state index contributed by atoms with van der Waals surface area (Å²) in [5.74, 6) is 0.0623. The van der Waals surface area contributed by atoms with Gasteiger partial charge in [0, 0.05) is 13.1 Å². The number of carbonyl (C=O) groups excluding carboxylic acids is 2. The first-order valence-electron chi connectivity index (χ1n) is 6.73. The smallest absolute Gasteiger partial charge is 0.360 e. The highest BCUT2D eigenvalue weighted by atomic mass is 16.5. The van der Waals surface area contributed by atoms with Crippen LogP contribution in [-0.2, 0) is 16.1 Å². The number of likely N-dealkylation sites (N-methyl/N-ethyl adjacent to an activating group) is 1. The van der Waals surface area contributed by atoms with E-state index in [1.807, 2.05) is 13.8 Å². The van der Waals surface area contributed by atoms with Crippen LogP contribution in [0.4, 0.5) is 5.82 Å². The van der Waals surface area contributed by atoms with Gasteiger partial charge in [0.1, 0.15) is 18.2 Å². The number of anilines is 1. The Morgan fingerprint density at radius 3 is 2.40 bits per heavy atom. The Bertz CT molecular complexity index is 492. The number of nitrogens with two attached hydrogens (primary N) is 1. The molecule has 1 rings (SSSR count). The molecule has 0 bridgehead atoms. The highest BCUT2D eigenvalue weighted by molar-refractivity contribution is 5.92. The van der Waals surface area contributed by atoms with E-state index in [0.717, 1.165) is 0 Å². The van der Waals surface area contributed by atoms with Gasteiger partial charge in [-0.1, -0.05) is 0 Å². The highest BCUT2D eigenvalue weighted by Gasteiger charge is 2.22. The van der Waals surface area contributed by atoms with Gasteiger partial charge < -0.3 is 19.9 Å². The van der Waals surface area contributed by atoms with Crippen LogP contribution in [0.15, 0.2) is 0 Å². The Kier molecular flexibility index (Phi) is 5.54. The standard InChI is InChI=1S/C13H22N4O3/c1-5-16(6-2)10(18)8-17-9(4)15-11(12(17)14)13(19)20-7-3/h5-8,14H2,1-4H3. The quantitative estimate of drug-likeness (QED) is 0.780. The number of amides is 1. The maximum atomic E-state index is 12.1. The molecule has 2 N–H and O–H groups in total. The lowest BCUT2D eigenvalue weighted by atomic mass is 10.4. The summed E-state index contributed by atoms with van der Waals surface area (Å²) in [7, 11) is 0. The molecule has 7 nitrogen and oxygen atoms in total. The molecule has 0 aliphatic rings. The molecule has 0 saturated heterocycles. The third-order valence-electron chi connectivity index (χ3n) is 3.08. The second kappa shape index (κ2) is 6.93. The van der Waals surface area contributed by atoms with Gasteiger partial charge in [-0.05, 0) is 27.7 Å². The number of rotatable bonds is 6. The van der Waals surface area contributed by atoms with E-state index in [4.69, 9.17) is 10.5 Å². The summed E-state index contributed by atoms with van der Waals surface area (Å²) < 4.78 is 6.42. The Hall–Kier alpha value is -2.05. The van der Waals surface area contributed by atoms with E-state index in [2.05, 4.69) is 4.98 Å². The van der Waals surface area contributed by atoms with Gasteiger partial charge in [-0.25, -0.2) is 9.78 Å². The number of nitrogen functional groups attached to an aromatic ring is 1. The molecular formula is C13H22N4O3. The molecule has 0 spiro atoms. The number of esters is 1. The molecule has 0 atom stereocenters. The zero-order valence-electron chi connectivity index (χ0n) is 12.5. The first-order chi connectivity index (χ1) is 9.46. The molecule has 0 fully saturated rings. The van der Waals surface area contributed by atoms with Gasteiger partial charge in [-0.15, -0.1) is 0 Å². The normalized spacial score (nSPS) is 10.4. The van der Waals surface area contributed by atoms with Crippen LogP contribution in [0.25, 0.3) is 0 Å². The number of aromatic nitrogens is 2. The lowest BCUT2D eigenvalue weighted by molar-refractivity contribution is -0.131. The van der Waals surface area contributed by atoms with Crippen LogP contribution in [0.5, 0.6) is 0 Å². The van der Waals surface area contributed by atoms with Crippen molar-refractivity contribution < 1.29 is 14.3 Å². The van der Waals surface area contributed by atoms with E-state index in [1.165, 1.54) is 4.57 Å². The third-order valence-corrected chi connectivity index (χ3v) is 3.08. The van der Waals surface area contributed by atoms with Gasteiger partial charge in [0.05, 0.1) is 6.61 Å². The molecule has 1 aromatic heterocycles. The zero-order valence-corrected chi connectivity index (χ0v) is 12.5. The predicted octanol–water partition coefficient (Wildman–Crippen LogP) is 0.819. The average molecular weight is 282 g/mol. The van der Waals surface area contributed by atoms with Crippen LogP contribution in [0.3, 0.4) is 0 Å². The van der Waals surface area contributed by atoms with Crippen molar-refractivity contribution in [1.29, 1.82) is 0 Å². The summed E-state index contributed by atoms with van der Waals surface area (Å²) in [5.41, 5.74) is 5.96. The molecule has 0 aliphatic heterocycles. The maximum absolute atomic E-state index is 12.1. The number of imidazole rings is 1. The summed E-state index contributed by atoms with van der Waals surface area (Å²) >= 11 is 0. The van der Waals surface area contributed by atoms with Gasteiger partial charge in [-0.3, -0.25) is 4.79 Å². The van der Waals surface area contributed by atoms with Crippen LogP contribution < -0.4 is 5.73 Å². The molecule has 1 aromatic rings. The summed E-state index contributed by atoms with van der Waals surface area (Å²) in [4.78, 5) is 29.6. The van der Waals surface area contributed by atoms with E-state index in [-0.39, 0.29) is 30.6 Å². The van der Waals surface area contributed by atoms with Crippen molar-refractivity contribution in [2.45, 2.75) is 34.2 Å². The minimum absolute atomic E-state index is 0.0578. The largest absolute Gasteiger partial charge is 0.461 e. The van der Waals surface area contributed by atoms with Gasteiger partial charge in [0.15, 0.2) is 5.69 Å². The fourth-order valence-electron chi connectivity index (χ4n) is 1.94. The number of aryl methyl sites for hydroxylation is 1. The second-order valence-corrected chi connectivity index (χ2v) is 4.27. The van der Waals surface area contributed by atoms with Crippen molar-refractivity contribution in [3.05, 3.63) is 11.5 Å². The van der Waals surface area contributed by atoms with Crippen molar-refractivity contribution in [3.8, 4) is 0 Å². The number of carbonyl (C=O) groups is 2. The van der Waals surface area contributed by atoms with Crippen LogP contribution >= 0.6 is 0 Å². The minimum atomic E-state index is -0.567. The van der Waals surface area contributed by atoms with E-state index in [1.54, 1.807) is 18.7 Å². The molecule has 0 unspecified atom stereocenters. The monoisotopic (exact) mass is 282 g/mol. The molecule has 0 saturated carbocycles. The summed E-state index contributed by atoms with van der Waals surface area (Å²) in [6.07, 6.45) is 0. The fourth-order valence-corrected chi connectivity index (χ4v) is 1.94. The Labute approximate surface area is 118 Å². The number of ether oxygens (including phenoxy) is 1. The van der Waals surface area contributed by atoms with Crippen molar-refractivity contribution in [1.82, 2.24) is 14.5 Å². The molecule has 20 heavy (non-hydrogen) atoms. The van der Waals surface area contributed by atoms with E-state index in [9.17, 15) is 9.59 Å². The van der Waals surface area contributed by atoms with Gasteiger partial charge in [0.2, 0.25) is 5.91 Å². The van der Waals surface area contributed by atoms with Crippen LogP contribution in [0.2, 0.25) is 0 Å². The second-order valence-electron chi connectivity index (χ2n) is 4.27. The highest BCUT2D eigenvalue weighted by Crippen LogP contribution is 2.15. The van der Waals surface area contributed by atoms with Crippen LogP contribution in [0, 0.1) is 6.92 Å². The molecule has 0 aromatic carbocycles. The van der Waals surface area contributed by atoms with Crippen LogP contribution in [-0.4, -0.2) is 46.0 Å². The number of nitrogens with zero attached hydrogens (tertiary/aromatic N) is 3. The van der Waals surface area contributed by atoms with E-state index in [0.29, 0.717) is 18.9 Å². The molecule has 7 heteroatoms. The van der Waals surface area contributed by atoms with Crippen molar-refractivity contribution in [2.75, 3.05) is 25.4 Å². The maximum Gasteiger partial charge on any atom is 0.360 e. The minimum Gasteiger partial charge on any atom is -0.461 e. The first kappa shape index (κ1) is 16.0. The summed E-state index contributed by atoms with van der Waals surface area (Å²) in [5, 5.41) is 0. The molecule has 0 radical (unpaired) electrons. The Morgan fingerprint density at radius 2 is 1.90 bits per heavy atom. The Balaban J connectivity index is 2.97. The van der Waals surface area contributed by atoms with Crippen molar-refractivity contribution in [3.63, 3.8) is 0 Å². The number of hydrogen-bond acceptors (Lipinski definition) is 5. The Morgan fingerprint density at radius 1 is 1.30 bits per heavy atom. The fraction of sp³-hybridized carbons (Fsp3) is 0.615. The van der Waals surface area contributed by atoms with Crippen molar-refractivity contribution in [2.24, 2.45) is 0 Å². The zero-order chi connectivity index (χ0) is 15.3. The van der Waals surface area contributed by atoms with Crippen molar-refractivity contribution >= 4 is 17.7 Å². The average Bonchev–Trinajstić information content (AvgIpc) is 2.68. The lowest BCUT2D eigenvalue weighted by Crippen LogP contribution is -2.34. The summed E-state index contributed by atoms with van der Waals surface area (Å²) in [6.45, 7) is 8.83. The third kappa shape index (κ3) is 3.28. The van der Waals surface area contributed by atoms with E-state index < -0.39 is 5.97 Å². The SMILES string of the molecule is CCOC(=O)c1nc(C)n(CC(=O)N(CC)CC)c1N. The molecular weight excluding hydrogens is 260 g/mol. The molecule has 0 aliphatic carbocycles. The van der Waals surface area contributed by atoms with Gasteiger partial charge in [0.25, 0.3) is 0 Å². The van der Waals surface area contributed by atoms with Crippen LogP contribution in [0.1, 0.15) is 37.1 Å². The molecule has 1 amide bonds. The van der Waals surface area contributed by atoms with Gasteiger partial charge in [-0.2, -0.15) is 0 Å². The predicted molar refractivity (Wildman–Crippen MR) is 75.3 cm³/mol. The lowest BCUT2D eigenvalue weighted by Gasteiger charge is -2.19. The van der Waals surface area contributed by atoms with E-state index >= 15 is 0 Å². The number of hydrogen-bond donors (Lipinski definition) is 1. The molecule has 1 heterocycles. The van der Waals surface area contributed by atoms with Gasteiger partial charge >= 0.3 is 5.97 Å². The molecule has 112 valence electrons.